The molecule has 4 rings (SSSR count). The molecule has 0 aliphatic heterocycles. The van der Waals surface area contributed by atoms with E-state index in [0.717, 1.165) is 33.7 Å². The van der Waals surface area contributed by atoms with Crippen LogP contribution in [0.25, 0.3) is 33.3 Å². The number of hydrogen-bond donors (Lipinski definition) is 1. The van der Waals surface area contributed by atoms with Crippen LogP contribution in [0.4, 0.5) is 4.39 Å². The second-order valence-corrected chi connectivity index (χ2v) is 6.92. The lowest BCUT2D eigenvalue weighted by atomic mass is 9.96. The van der Waals surface area contributed by atoms with Gasteiger partial charge in [0.2, 0.25) is 0 Å². The number of rotatable bonds is 5. The van der Waals surface area contributed by atoms with Gasteiger partial charge in [0.15, 0.2) is 0 Å². The molecule has 0 amide bonds. The number of aliphatic hydroxyl groups excluding tert-OH is 1. The third kappa shape index (κ3) is 3.71. The van der Waals surface area contributed by atoms with Crippen LogP contribution >= 0.6 is 0 Å². The van der Waals surface area contributed by atoms with Crippen molar-refractivity contribution < 1.29 is 14.2 Å². The Morgan fingerprint density at radius 2 is 1.69 bits per heavy atom. The molecule has 0 aliphatic rings. The predicted molar refractivity (Wildman–Crippen MR) is 114 cm³/mol. The topological polar surface area (TPSA) is 42.4 Å². The van der Waals surface area contributed by atoms with Crippen molar-refractivity contribution in [2.24, 2.45) is 0 Å². The van der Waals surface area contributed by atoms with E-state index in [2.05, 4.69) is 18.2 Å². The van der Waals surface area contributed by atoms with Crippen LogP contribution < -0.4 is 4.74 Å². The number of ether oxygens (including phenoxy) is 1. The first kappa shape index (κ1) is 19.1. The van der Waals surface area contributed by atoms with Gasteiger partial charge in [-0.1, -0.05) is 36.4 Å². The van der Waals surface area contributed by atoms with E-state index in [1.807, 2.05) is 44.2 Å². The fraction of sp³-hybridized carbons (Fsp3) is 0.160. The molecule has 0 saturated heterocycles. The summed E-state index contributed by atoms with van der Waals surface area (Å²) in [6.45, 7) is 4.35. The van der Waals surface area contributed by atoms with E-state index in [0.29, 0.717) is 23.1 Å². The number of pyridine rings is 1. The second kappa shape index (κ2) is 8.02. The zero-order valence-electron chi connectivity index (χ0n) is 16.4. The Bertz CT molecular complexity index is 1170. The molecule has 0 radical (unpaired) electrons. The summed E-state index contributed by atoms with van der Waals surface area (Å²) in [6, 6.07) is 20.6. The Morgan fingerprint density at radius 1 is 0.931 bits per heavy atom. The van der Waals surface area contributed by atoms with Gasteiger partial charge >= 0.3 is 0 Å². The standard InChI is InChI=1S/C25H22FNO2/c1-3-29-21-6-4-5-19(13-21)17-7-9-18(10-8-17)25-16(2)23(15-28)22-14-20(26)11-12-24(22)27-25/h4-14,28H,3,15H2,1-2H3. The lowest BCUT2D eigenvalue weighted by molar-refractivity contribution is 0.282. The molecule has 4 aromatic rings. The molecule has 146 valence electrons. The largest absolute Gasteiger partial charge is 0.494 e. The van der Waals surface area contributed by atoms with E-state index in [-0.39, 0.29) is 12.4 Å². The van der Waals surface area contributed by atoms with Crippen molar-refractivity contribution in [1.29, 1.82) is 0 Å². The number of aromatic nitrogens is 1. The third-order valence-corrected chi connectivity index (χ3v) is 5.12. The Balaban J connectivity index is 1.76. The summed E-state index contributed by atoms with van der Waals surface area (Å²) in [5, 5.41) is 10.5. The molecular formula is C25H22FNO2. The van der Waals surface area contributed by atoms with Crippen molar-refractivity contribution in [2.75, 3.05) is 6.61 Å². The van der Waals surface area contributed by atoms with Gasteiger partial charge in [0.25, 0.3) is 0 Å². The number of fused-ring (bicyclic) bond motifs is 1. The van der Waals surface area contributed by atoms with Crippen LogP contribution in [0, 0.1) is 12.7 Å². The van der Waals surface area contributed by atoms with Gasteiger partial charge in [0.05, 0.1) is 24.4 Å². The van der Waals surface area contributed by atoms with E-state index in [4.69, 9.17) is 9.72 Å². The normalized spacial score (nSPS) is 11.0. The van der Waals surface area contributed by atoms with Gasteiger partial charge in [-0.05, 0) is 66.4 Å². The Morgan fingerprint density at radius 3 is 2.41 bits per heavy atom. The molecule has 1 heterocycles. The first-order chi connectivity index (χ1) is 14.1. The van der Waals surface area contributed by atoms with Gasteiger partial charge < -0.3 is 9.84 Å². The molecule has 0 saturated carbocycles. The van der Waals surface area contributed by atoms with Gasteiger partial charge in [-0.15, -0.1) is 0 Å². The molecule has 4 heteroatoms. The van der Waals surface area contributed by atoms with E-state index in [9.17, 15) is 9.50 Å². The van der Waals surface area contributed by atoms with Crippen LogP contribution in [0.3, 0.4) is 0 Å². The van der Waals surface area contributed by atoms with Crippen LogP contribution in [0.1, 0.15) is 18.1 Å². The smallest absolute Gasteiger partial charge is 0.123 e. The van der Waals surface area contributed by atoms with Crippen LogP contribution in [0.2, 0.25) is 0 Å². The van der Waals surface area contributed by atoms with Gasteiger partial charge in [-0.3, -0.25) is 0 Å². The summed E-state index contributed by atoms with van der Waals surface area (Å²) in [7, 11) is 0. The van der Waals surface area contributed by atoms with Crippen molar-refractivity contribution in [3.63, 3.8) is 0 Å². The van der Waals surface area contributed by atoms with Crippen LogP contribution in [-0.2, 0) is 6.61 Å². The molecule has 3 nitrogen and oxygen atoms in total. The number of nitrogens with zero attached hydrogens (tertiary/aromatic N) is 1. The molecule has 1 aromatic heterocycles. The fourth-order valence-electron chi connectivity index (χ4n) is 3.63. The minimum absolute atomic E-state index is 0.163. The van der Waals surface area contributed by atoms with Crippen LogP contribution in [-0.4, -0.2) is 16.7 Å². The molecule has 0 spiro atoms. The zero-order valence-corrected chi connectivity index (χ0v) is 16.4. The first-order valence-corrected chi connectivity index (χ1v) is 9.64. The van der Waals surface area contributed by atoms with Crippen molar-refractivity contribution in [1.82, 2.24) is 4.98 Å². The zero-order chi connectivity index (χ0) is 20.4. The maximum Gasteiger partial charge on any atom is 0.123 e. The van der Waals surface area contributed by atoms with Crippen molar-refractivity contribution in [3.8, 4) is 28.1 Å². The minimum atomic E-state index is -0.334. The van der Waals surface area contributed by atoms with E-state index in [1.54, 1.807) is 6.07 Å². The summed E-state index contributed by atoms with van der Waals surface area (Å²) in [6.07, 6.45) is 0. The molecule has 0 atom stereocenters. The highest BCUT2D eigenvalue weighted by Gasteiger charge is 2.13. The molecule has 3 aromatic carbocycles. The molecule has 1 N–H and O–H groups in total. The highest BCUT2D eigenvalue weighted by atomic mass is 19.1. The fourth-order valence-corrected chi connectivity index (χ4v) is 3.63. The Kier molecular flexibility index (Phi) is 5.28. The van der Waals surface area contributed by atoms with Crippen molar-refractivity contribution >= 4 is 10.9 Å². The Labute approximate surface area is 169 Å². The summed E-state index contributed by atoms with van der Waals surface area (Å²) in [5.74, 6) is 0.515. The van der Waals surface area contributed by atoms with Gasteiger partial charge in [-0.25, -0.2) is 9.37 Å². The lowest BCUT2D eigenvalue weighted by Gasteiger charge is -2.14. The number of hydrogen-bond acceptors (Lipinski definition) is 3. The molecule has 0 fully saturated rings. The molecule has 29 heavy (non-hydrogen) atoms. The number of benzene rings is 3. The number of halogens is 1. The summed E-state index contributed by atoms with van der Waals surface area (Å²) >= 11 is 0. The lowest BCUT2D eigenvalue weighted by Crippen LogP contribution is -1.99. The van der Waals surface area contributed by atoms with Crippen molar-refractivity contribution in [3.05, 3.63) is 83.7 Å². The molecule has 0 bridgehead atoms. The third-order valence-electron chi connectivity index (χ3n) is 5.12. The van der Waals surface area contributed by atoms with Crippen molar-refractivity contribution in [2.45, 2.75) is 20.5 Å². The predicted octanol–water partition coefficient (Wildman–Crippen LogP) is 5.91. The molecular weight excluding hydrogens is 365 g/mol. The first-order valence-electron chi connectivity index (χ1n) is 9.64. The van der Waals surface area contributed by atoms with Gasteiger partial charge in [0, 0.05) is 10.9 Å². The average Bonchev–Trinajstić information content (AvgIpc) is 2.74. The maximum absolute atomic E-state index is 13.7. The Hall–Kier alpha value is -3.24. The SMILES string of the molecule is CCOc1cccc(-c2ccc(-c3nc4ccc(F)cc4c(CO)c3C)cc2)c1. The van der Waals surface area contributed by atoms with E-state index in [1.165, 1.54) is 12.1 Å². The van der Waals surface area contributed by atoms with E-state index >= 15 is 0 Å². The monoisotopic (exact) mass is 387 g/mol. The van der Waals surface area contributed by atoms with Crippen LogP contribution in [0.15, 0.2) is 66.7 Å². The quantitative estimate of drug-likeness (QED) is 0.463. The summed E-state index contributed by atoms with van der Waals surface area (Å²) in [4.78, 5) is 4.74. The van der Waals surface area contributed by atoms with Crippen LogP contribution in [0.5, 0.6) is 5.75 Å². The highest BCUT2D eigenvalue weighted by molar-refractivity contribution is 5.87. The number of aliphatic hydroxyl groups is 1. The highest BCUT2D eigenvalue weighted by Crippen LogP contribution is 2.32. The molecule has 0 unspecified atom stereocenters. The van der Waals surface area contributed by atoms with E-state index < -0.39 is 0 Å². The second-order valence-electron chi connectivity index (χ2n) is 6.92. The maximum atomic E-state index is 13.7. The summed E-state index contributed by atoms with van der Waals surface area (Å²) < 4.78 is 19.3. The van der Waals surface area contributed by atoms with Gasteiger partial charge in [-0.2, -0.15) is 0 Å². The van der Waals surface area contributed by atoms with Gasteiger partial charge in [0.1, 0.15) is 11.6 Å². The average molecular weight is 387 g/mol. The summed E-state index contributed by atoms with van der Waals surface area (Å²) in [5.41, 5.74) is 6.14. The molecule has 0 aliphatic carbocycles. The minimum Gasteiger partial charge on any atom is -0.494 e.